The molecule has 0 rings (SSSR count). The van der Waals surface area contributed by atoms with Crippen molar-refractivity contribution in [3.63, 3.8) is 0 Å². The highest BCUT2D eigenvalue weighted by Crippen LogP contribution is 1.92. The average Bonchev–Trinajstić information content (AvgIpc) is 2.01. The first-order valence-electron chi connectivity index (χ1n) is 4.97. The molecule has 0 bridgehead atoms. The average molecular weight is 237 g/mol. The van der Waals surface area contributed by atoms with Crippen LogP contribution in [0.5, 0.6) is 0 Å². The molecule has 0 aromatic heterocycles. The molecule has 0 saturated heterocycles. The first kappa shape index (κ1) is 14.4. The third-order valence-electron chi connectivity index (χ3n) is 1.61. The van der Waals surface area contributed by atoms with Gasteiger partial charge in [-0.15, -0.1) is 0 Å². The number of carbonyl (C=O) groups is 1. The van der Waals surface area contributed by atoms with E-state index in [0.29, 0.717) is 6.54 Å². The zero-order valence-electron chi connectivity index (χ0n) is 9.45. The van der Waals surface area contributed by atoms with Crippen LogP contribution in [0.25, 0.3) is 0 Å². The Balaban J connectivity index is 3.92. The molecule has 0 aromatic carbocycles. The van der Waals surface area contributed by atoms with Gasteiger partial charge in [-0.3, -0.25) is 4.79 Å². The molecule has 15 heavy (non-hydrogen) atoms. The van der Waals surface area contributed by atoms with Crippen molar-refractivity contribution in [2.24, 2.45) is 0 Å². The fourth-order valence-electron chi connectivity index (χ4n) is 0.957. The Kier molecular flexibility index (Phi) is 6.51. The van der Waals surface area contributed by atoms with Crippen LogP contribution in [0.3, 0.4) is 0 Å². The van der Waals surface area contributed by atoms with Crippen molar-refractivity contribution in [2.45, 2.75) is 26.8 Å². The minimum Gasteiger partial charge on any atom is -0.465 e. The van der Waals surface area contributed by atoms with Crippen LogP contribution >= 0.6 is 0 Å². The Morgan fingerprint density at radius 1 is 1.40 bits per heavy atom. The molecule has 1 N–H and O–H groups in total. The predicted molar refractivity (Wildman–Crippen MR) is 58.4 cm³/mol. The van der Waals surface area contributed by atoms with Gasteiger partial charge in [0.15, 0.2) is 9.84 Å². The summed E-state index contributed by atoms with van der Waals surface area (Å²) in [6.45, 7) is 6.07. The lowest BCUT2D eigenvalue weighted by Crippen LogP contribution is -2.31. The molecule has 0 fully saturated rings. The summed E-state index contributed by atoms with van der Waals surface area (Å²) in [7, 11) is -3.34. The SMILES string of the molecule is CCOC(=O)CS(=O)(=O)CCNC(C)C. The van der Waals surface area contributed by atoms with Crippen LogP contribution in [-0.4, -0.2) is 45.1 Å². The van der Waals surface area contributed by atoms with Crippen molar-refractivity contribution >= 4 is 15.8 Å². The second-order valence-electron chi connectivity index (χ2n) is 3.51. The molecular formula is C9H19NO4S. The van der Waals surface area contributed by atoms with Crippen molar-refractivity contribution in [1.82, 2.24) is 5.32 Å². The van der Waals surface area contributed by atoms with E-state index in [0.717, 1.165) is 0 Å². The van der Waals surface area contributed by atoms with Crippen LogP contribution < -0.4 is 5.32 Å². The Labute approximate surface area is 91.1 Å². The van der Waals surface area contributed by atoms with Crippen molar-refractivity contribution in [1.29, 1.82) is 0 Å². The third kappa shape index (κ3) is 8.38. The Morgan fingerprint density at radius 3 is 2.47 bits per heavy atom. The molecule has 0 unspecified atom stereocenters. The van der Waals surface area contributed by atoms with Gasteiger partial charge in [-0.25, -0.2) is 8.42 Å². The Bertz CT molecular complexity index is 284. The van der Waals surface area contributed by atoms with E-state index in [9.17, 15) is 13.2 Å². The van der Waals surface area contributed by atoms with Gasteiger partial charge in [-0.1, -0.05) is 13.8 Å². The molecule has 6 heteroatoms. The van der Waals surface area contributed by atoms with Gasteiger partial charge in [0.2, 0.25) is 0 Å². The lowest BCUT2D eigenvalue weighted by molar-refractivity contribution is -0.139. The van der Waals surface area contributed by atoms with Gasteiger partial charge >= 0.3 is 5.97 Å². The highest BCUT2D eigenvalue weighted by Gasteiger charge is 2.17. The van der Waals surface area contributed by atoms with Gasteiger partial charge in [-0.05, 0) is 6.92 Å². The number of esters is 1. The van der Waals surface area contributed by atoms with Crippen molar-refractivity contribution < 1.29 is 17.9 Å². The van der Waals surface area contributed by atoms with Crippen LogP contribution in [0.2, 0.25) is 0 Å². The number of carbonyl (C=O) groups excluding carboxylic acids is 1. The number of hydrogen-bond acceptors (Lipinski definition) is 5. The van der Waals surface area contributed by atoms with E-state index in [1.54, 1.807) is 6.92 Å². The largest absolute Gasteiger partial charge is 0.465 e. The van der Waals surface area contributed by atoms with E-state index in [4.69, 9.17) is 0 Å². The molecule has 0 aliphatic heterocycles. The molecule has 0 aliphatic carbocycles. The van der Waals surface area contributed by atoms with Gasteiger partial charge in [0.25, 0.3) is 0 Å². The van der Waals surface area contributed by atoms with Crippen molar-refractivity contribution in [3.05, 3.63) is 0 Å². The summed E-state index contributed by atoms with van der Waals surface area (Å²) >= 11 is 0. The summed E-state index contributed by atoms with van der Waals surface area (Å²) in [5.41, 5.74) is 0. The number of rotatable bonds is 7. The van der Waals surface area contributed by atoms with E-state index in [1.807, 2.05) is 13.8 Å². The first-order valence-corrected chi connectivity index (χ1v) is 6.79. The van der Waals surface area contributed by atoms with Crippen LogP contribution in [0.1, 0.15) is 20.8 Å². The normalized spacial score (nSPS) is 11.7. The lowest BCUT2D eigenvalue weighted by atomic mass is 10.4. The smallest absolute Gasteiger partial charge is 0.321 e. The van der Waals surface area contributed by atoms with E-state index < -0.39 is 21.6 Å². The van der Waals surface area contributed by atoms with Crippen molar-refractivity contribution in [3.8, 4) is 0 Å². The zero-order chi connectivity index (χ0) is 11.9. The van der Waals surface area contributed by atoms with Gasteiger partial charge in [0, 0.05) is 12.6 Å². The van der Waals surface area contributed by atoms with Crippen LogP contribution in [0.15, 0.2) is 0 Å². The molecule has 0 saturated carbocycles. The molecule has 0 amide bonds. The number of hydrogen-bond donors (Lipinski definition) is 1. The molecule has 0 atom stereocenters. The summed E-state index contributed by atoms with van der Waals surface area (Å²) in [5, 5.41) is 2.98. The molecule has 0 aliphatic rings. The minimum absolute atomic E-state index is 0.0377. The first-order chi connectivity index (χ1) is 6.87. The Hall–Kier alpha value is -0.620. The highest BCUT2D eigenvalue weighted by molar-refractivity contribution is 7.92. The fourth-order valence-corrected chi connectivity index (χ4v) is 1.97. The number of ether oxygens (including phenoxy) is 1. The van der Waals surface area contributed by atoms with Gasteiger partial charge < -0.3 is 10.1 Å². The second kappa shape index (κ2) is 6.79. The van der Waals surface area contributed by atoms with Crippen molar-refractivity contribution in [2.75, 3.05) is 24.7 Å². The molecule has 0 spiro atoms. The molecule has 0 radical (unpaired) electrons. The number of nitrogens with one attached hydrogen (secondary N) is 1. The van der Waals surface area contributed by atoms with Crippen LogP contribution in [0.4, 0.5) is 0 Å². The van der Waals surface area contributed by atoms with E-state index >= 15 is 0 Å². The third-order valence-corrected chi connectivity index (χ3v) is 3.11. The molecule has 0 heterocycles. The van der Waals surface area contributed by atoms with E-state index in [1.165, 1.54) is 0 Å². The summed E-state index contributed by atoms with van der Waals surface area (Å²) in [6.07, 6.45) is 0. The summed E-state index contributed by atoms with van der Waals surface area (Å²) in [5.74, 6) is -1.24. The second-order valence-corrected chi connectivity index (χ2v) is 5.69. The van der Waals surface area contributed by atoms with Crippen LogP contribution in [0, 0.1) is 0 Å². The molecular weight excluding hydrogens is 218 g/mol. The fraction of sp³-hybridized carbons (Fsp3) is 0.889. The monoisotopic (exact) mass is 237 g/mol. The highest BCUT2D eigenvalue weighted by atomic mass is 32.2. The van der Waals surface area contributed by atoms with Gasteiger partial charge in [0.1, 0.15) is 5.75 Å². The van der Waals surface area contributed by atoms with Gasteiger partial charge in [0.05, 0.1) is 12.4 Å². The van der Waals surface area contributed by atoms with E-state index in [2.05, 4.69) is 10.1 Å². The lowest BCUT2D eigenvalue weighted by Gasteiger charge is -2.08. The summed E-state index contributed by atoms with van der Waals surface area (Å²) in [4.78, 5) is 10.9. The topological polar surface area (TPSA) is 72.5 Å². The van der Waals surface area contributed by atoms with Crippen LogP contribution in [-0.2, 0) is 19.4 Å². The van der Waals surface area contributed by atoms with Gasteiger partial charge in [-0.2, -0.15) is 0 Å². The maximum atomic E-state index is 11.4. The molecule has 90 valence electrons. The molecule has 5 nitrogen and oxygen atoms in total. The minimum atomic E-state index is -3.34. The Morgan fingerprint density at radius 2 is 2.00 bits per heavy atom. The maximum Gasteiger partial charge on any atom is 0.321 e. The summed E-state index contributed by atoms with van der Waals surface area (Å²) in [6, 6.07) is 0.239. The molecule has 0 aromatic rings. The maximum absolute atomic E-state index is 11.4. The summed E-state index contributed by atoms with van der Waals surface area (Å²) < 4.78 is 27.3. The quantitative estimate of drug-likeness (QED) is 0.629. The zero-order valence-corrected chi connectivity index (χ0v) is 10.3. The predicted octanol–water partition coefficient (Wildman–Crippen LogP) is -0.0377. The standard InChI is InChI=1S/C9H19NO4S/c1-4-14-9(11)7-15(12,13)6-5-10-8(2)3/h8,10H,4-7H2,1-3H3. The van der Waals surface area contributed by atoms with E-state index in [-0.39, 0.29) is 18.4 Å². The number of sulfone groups is 1.